The predicted octanol–water partition coefficient (Wildman–Crippen LogP) is 4.15. The lowest BCUT2D eigenvalue weighted by molar-refractivity contribution is -0.138. The fraction of sp³-hybridized carbons (Fsp3) is 0.562. The van der Waals surface area contributed by atoms with Crippen LogP contribution in [0.15, 0.2) is 48.5 Å². The molecule has 2 aliphatic heterocycles. The van der Waals surface area contributed by atoms with E-state index in [4.69, 9.17) is 5.11 Å². The highest BCUT2D eigenvalue weighted by Crippen LogP contribution is 2.35. The summed E-state index contributed by atoms with van der Waals surface area (Å²) < 4.78 is 0. The summed E-state index contributed by atoms with van der Waals surface area (Å²) in [4.78, 5) is 33.7. The molecule has 0 spiro atoms. The SMILES string of the molecule is CCC(C)CN1C[C@H](C)N(C(c2cccc(O)c2)c2cccc(C(=O)N3CCCN(CC(=O)O)CC3)c2)C[C@H]1C. The van der Waals surface area contributed by atoms with Gasteiger partial charge in [-0.15, -0.1) is 0 Å². The van der Waals surface area contributed by atoms with Crippen molar-refractivity contribution in [2.75, 3.05) is 52.4 Å². The first-order chi connectivity index (χ1) is 19.2. The summed E-state index contributed by atoms with van der Waals surface area (Å²) in [5.41, 5.74) is 2.69. The maximum atomic E-state index is 13.6. The van der Waals surface area contributed by atoms with Crippen LogP contribution in [-0.2, 0) is 4.79 Å². The van der Waals surface area contributed by atoms with Crippen LogP contribution in [0.3, 0.4) is 0 Å². The lowest BCUT2D eigenvalue weighted by atomic mass is 9.92. The lowest BCUT2D eigenvalue weighted by Gasteiger charge is -2.48. The molecule has 2 N–H and O–H groups in total. The maximum Gasteiger partial charge on any atom is 0.317 e. The molecule has 0 bridgehead atoms. The van der Waals surface area contributed by atoms with Crippen molar-refractivity contribution in [1.82, 2.24) is 19.6 Å². The number of carbonyl (C=O) groups is 2. The Bertz CT molecular complexity index is 1160. The van der Waals surface area contributed by atoms with E-state index in [0.29, 0.717) is 43.7 Å². The van der Waals surface area contributed by atoms with Crippen molar-refractivity contribution in [3.05, 3.63) is 65.2 Å². The number of rotatable bonds is 9. The molecule has 2 heterocycles. The first kappa shape index (κ1) is 30.0. The fourth-order valence-electron chi connectivity index (χ4n) is 6.19. The van der Waals surface area contributed by atoms with Crippen LogP contribution in [0.1, 0.15) is 68.1 Å². The molecule has 2 fully saturated rings. The highest BCUT2D eigenvalue weighted by atomic mass is 16.4. The number of aliphatic carboxylic acids is 1. The van der Waals surface area contributed by atoms with Crippen LogP contribution in [0, 0.1) is 5.92 Å². The van der Waals surface area contributed by atoms with Gasteiger partial charge in [0.15, 0.2) is 0 Å². The van der Waals surface area contributed by atoms with Gasteiger partial charge in [0.05, 0.1) is 12.6 Å². The van der Waals surface area contributed by atoms with Crippen LogP contribution in [0.2, 0.25) is 0 Å². The first-order valence-corrected chi connectivity index (χ1v) is 14.8. The molecule has 8 heteroatoms. The normalized spacial score (nSPS) is 22.9. The molecule has 1 amide bonds. The minimum atomic E-state index is -0.838. The number of carboxylic acids is 1. The van der Waals surface area contributed by atoms with Crippen LogP contribution in [0.4, 0.5) is 0 Å². The average Bonchev–Trinajstić information content (AvgIpc) is 3.16. The van der Waals surface area contributed by atoms with Crippen LogP contribution in [0.5, 0.6) is 5.75 Å². The highest BCUT2D eigenvalue weighted by molar-refractivity contribution is 5.94. The molecule has 2 aromatic rings. The van der Waals surface area contributed by atoms with Crippen molar-refractivity contribution in [3.8, 4) is 5.75 Å². The quantitative estimate of drug-likeness (QED) is 0.485. The Hall–Kier alpha value is -2.94. The van der Waals surface area contributed by atoms with Crippen LogP contribution in [-0.4, -0.2) is 106 Å². The van der Waals surface area contributed by atoms with Gasteiger partial charge in [-0.1, -0.05) is 44.5 Å². The van der Waals surface area contributed by atoms with E-state index in [0.717, 1.165) is 37.2 Å². The monoisotopic (exact) mass is 550 g/mol. The fourth-order valence-corrected chi connectivity index (χ4v) is 6.19. The molecule has 0 aromatic heterocycles. The second-order valence-corrected chi connectivity index (χ2v) is 11.8. The van der Waals surface area contributed by atoms with Gasteiger partial charge in [0.25, 0.3) is 5.91 Å². The average molecular weight is 551 g/mol. The van der Waals surface area contributed by atoms with Gasteiger partial charge in [0.1, 0.15) is 5.75 Å². The van der Waals surface area contributed by atoms with Crippen molar-refractivity contribution in [3.63, 3.8) is 0 Å². The summed E-state index contributed by atoms with van der Waals surface area (Å²) in [5.74, 6) is 0.0328. The van der Waals surface area contributed by atoms with E-state index >= 15 is 0 Å². The third kappa shape index (κ3) is 7.42. The number of amides is 1. The number of aromatic hydroxyl groups is 1. The predicted molar refractivity (Wildman–Crippen MR) is 158 cm³/mol. The summed E-state index contributed by atoms with van der Waals surface area (Å²) in [5, 5.41) is 19.5. The van der Waals surface area contributed by atoms with Gasteiger partial charge in [-0.3, -0.25) is 24.3 Å². The summed E-state index contributed by atoms with van der Waals surface area (Å²) in [7, 11) is 0. The molecule has 2 aromatic carbocycles. The van der Waals surface area contributed by atoms with Crippen molar-refractivity contribution in [2.45, 2.75) is 58.7 Å². The Kier molecular flexibility index (Phi) is 10.2. The van der Waals surface area contributed by atoms with Crippen molar-refractivity contribution < 1.29 is 19.8 Å². The van der Waals surface area contributed by atoms with E-state index in [1.165, 1.54) is 6.42 Å². The topological polar surface area (TPSA) is 87.6 Å². The van der Waals surface area contributed by atoms with Crippen molar-refractivity contribution >= 4 is 11.9 Å². The van der Waals surface area contributed by atoms with Crippen molar-refractivity contribution in [2.24, 2.45) is 5.92 Å². The van der Waals surface area contributed by atoms with E-state index < -0.39 is 5.97 Å². The largest absolute Gasteiger partial charge is 0.508 e. The number of hydrogen-bond donors (Lipinski definition) is 2. The summed E-state index contributed by atoms with van der Waals surface area (Å²) in [6.07, 6.45) is 1.92. The van der Waals surface area contributed by atoms with Gasteiger partial charge < -0.3 is 15.1 Å². The molecule has 4 atom stereocenters. The van der Waals surface area contributed by atoms with E-state index in [1.54, 1.807) is 6.07 Å². The number of hydrogen-bond acceptors (Lipinski definition) is 6. The molecule has 2 unspecified atom stereocenters. The number of benzene rings is 2. The van der Waals surface area contributed by atoms with Gasteiger partial charge in [-0.05, 0) is 61.6 Å². The third-order valence-corrected chi connectivity index (χ3v) is 8.61. The molecule has 0 saturated carbocycles. The Balaban J connectivity index is 1.60. The first-order valence-electron chi connectivity index (χ1n) is 14.8. The number of nitrogens with zero attached hydrogens (tertiary/aromatic N) is 4. The molecule has 218 valence electrons. The number of carbonyl (C=O) groups excluding carboxylic acids is 1. The third-order valence-electron chi connectivity index (χ3n) is 8.61. The Morgan fingerprint density at radius 1 is 0.950 bits per heavy atom. The molecular weight excluding hydrogens is 504 g/mol. The zero-order valence-corrected chi connectivity index (χ0v) is 24.5. The standard InChI is InChI=1S/C32H46N4O4/c1-5-23(2)19-35-20-25(4)36(21-24(35)3)31(27-10-7-12-29(37)18-27)26-9-6-11-28(17-26)32(40)34-14-8-13-33(15-16-34)22-30(38)39/h6-7,9-12,17-18,23-25,31,37H,5,8,13-16,19-22H2,1-4H3,(H,38,39)/t23?,24-,25+,31?/m1/s1. The highest BCUT2D eigenvalue weighted by Gasteiger charge is 2.35. The van der Waals surface area contributed by atoms with Crippen LogP contribution >= 0.6 is 0 Å². The minimum Gasteiger partial charge on any atom is -0.508 e. The second kappa shape index (κ2) is 13.6. The number of phenolic OH excluding ortho intramolecular Hbond substituents is 1. The summed E-state index contributed by atoms with van der Waals surface area (Å²) >= 11 is 0. The molecule has 0 radical (unpaired) electrons. The minimum absolute atomic E-state index is 0.00431. The van der Waals surface area contributed by atoms with Crippen LogP contribution in [0.25, 0.3) is 0 Å². The smallest absolute Gasteiger partial charge is 0.317 e. The molecule has 2 saturated heterocycles. The lowest BCUT2D eigenvalue weighted by Crippen LogP contribution is -2.57. The molecule has 2 aliphatic rings. The number of carboxylic acid groups (broad SMARTS) is 1. The van der Waals surface area contributed by atoms with Gasteiger partial charge >= 0.3 is 5.97 Å². The van der Waals surface area contributed by atoms with E-state index in [2.05, 4.69) is 49.6 Å². The number of phenols is 1. The van der Waals surface area contributed by atoms with E-state index in [-0.39, 0.29) is 30.3 Å². The number of piperazine rings is 1. The molecule has 0 aliphatic carbocycles. The Morgan fingerprint density at radius 2 is 1.68 bits per heavy atom. The zero-order valence-electron chi connectivity index (χ0n) is 24.5. The zero-order chi connectivity index (χ0) is 28.8. The van der Waals surface area contributed by atoms with E-state index in [1.807, 2.05) is 40.1 Å². The second-order valence-electron chi connectivity index (χ2n) is 11.8. The van der Waals surface area contributed by atoms with Crippen molar-refractivity contribution in [1.29, 1.82) is 0 Å². The van der Waals surface area contributed by atoms with Gasteiger partial charge in [0.2, 0.25) is 0 Å². The van der Waals surface area contributed by atoms with Gasteiger partial charge in [-0.25, -0.2) is 0 Å². The van der Waals surface area contributed by atoms with Gasteiger partial charge in [-0.2, -0.15) is 0 Å². The Morgan fingerprint density at radius 3 is 2.38 bits per heavy atom. The maximum absolute atomic E-state index is 13.6. The van der Waals surface area contributed by atoms with Crippen LogP contribution < -0.4 is 0 Å². The van der Waals surface area contributed by atoms with E-state index in [9.17, 15) is 14.7 Å². The summed E-state index contributed by atoms with van der Waals surface area (Å²) in [6, 6.07) is 16.0. The Labute approximate surface area is 239 Å². The molecule has 4 rings (SSSR count). The molecular formula is C32H46N4O4. The molecule has 40 heavy (non-hydrogen) atoms. The van der Waals surface area contributed by atoms with Gasteiger partial charge in [0, 0.05) is 63.5 Å². The summed E-state index contributed by atoms with van der Waals surface area (Å²) in [6.45, 7) is 14.5. The molecule has 8 nitrogen and oxygen atoms in total.